The highest BCUT2D eigenvalue weighted by Gasteiger charge is 2.51. The highest BCUT2D eigenvalue weighted by atomic mass is 16.8. The summed E-state index contributed by atoms with van der Waals surface area (Å²) in [5.74, 6) is -0.236. The van der Waals surface area contributed by atoms with E-state index >= 15 is 0 Å². The van der Waals surface area contributed by atoms with Crippen LogP contribution in [0.1, 0.15) is 13.8 Å². The third-order valence-corrected chi connectivity index (χ3v) is 4.65. The molecule has 134 valence electrons. The van der Waals surface area contributed by atoms with Gasteiger partial charge in [-0.2, -0.15) is 0 Å². The van der Waals surface area contributed by atoms with Crippen molar-refractivity contribution in [2.45, 2.75) is 50.3 Å². The second-order valence-electron chi connectivity index (χ2n) is 6.91. The summed E-state index contributed by atoms with van der Waals surface area (Å²) in [7, 11) is 0. The van der Waals surface area contributed by atoms with Crippen molar-refractivity contribution in [3.8, 4) is 5.75 Å². The molecule has 2 N–H and O–H groups in total. The minimum absolute atomic E-state index is 0.261. The SMILES string of the molecule is CC1(C)OC[C@H]2O[C@@H](Oc3cccc4ccccc34)[C@H](O)[C@@H](O)[C@@H]2O1. The molecule has 2 aromatic carbocycles. The van der Waals surface area contributed by atoms with Crippen LogP contribution in [0.4, 0.5) is 0 Å². The van der Waals surface area contributed by atoms with Gasteiger partial charge in [-0.3, -0.25) is 0 Å². The van der Waals surface area contributed by atoms with Crippen LogP contribution in [0.2, 0.25) is 0 Å². The van der Waals surface area contributed by atoms with E-state index < -0.39 is 36.5 Å². The van der Waals surface area contributed by atoms with Gasteiger partial charge in [0.15, 0.2) is 5.79 Å². The minimum atomic E-state index is -1.23. The standard InChI is InChI=1S/C19H22O6/c1-19(2)22-10-14-17(25-19)15(20)16(21)18(24-14)23-13-9-5-7-11-6-3-4-8-12(11)13/h3-9,14-18,20-21H,10H2,1-2H3/t14-,15-,16-,17-,18-/m1/s1. The Labute approximate surface area is 145 Å². The van der Waals surface area contributed by atoms with E-state index in [-0.39, 0.29) is 6.61 Å². The van der Waals surface area contributed by atoms with Crippen LogP contribution in [-0.4, -0.2) is 53.3 Å². The normalized spacial score (nSPS) is 34.5. The maximum absolute atomic E-state index is 10.5. The summed E-state index contributed by atoms with van der Waals surface area (Å²) >= 11 is 0. The number of hydrogen-bond donors (Lipinski definition) is 2. The number of rotatable bonds is 2. The van der Waals surface area contributed by atoms with E-state index in [0.717, 1.165) is 10.8 Å². The van der Waals surface area contributed by atoms with Gasteiger partial charge in [0.25, 0.3) is 0 Å². The zero-order chi connectivity index (χ0) is 17.6. The number of benzene rings is 2. The lowest BCUT2D eigenvalue weighted by molar-refractivity contribution is -0.373. The van der Waals surface area contributed by atoms with Crippen LogP contribution >= 0.6 is 0 Å². The molecule has 2 aliphatic rings. The van der Waals surface area contributed by atoms with Gasteiger partial charge >= 0.3 is 0 Å². The summed E-state index contributed by atoms with van der Waals surface area (Å²) in [6.07, 6.45) is -4.52. The van der Waals surface area contributed by atoms with Crippen LogP contribution in [0, 0.1) is 0 Å². The molecule has 2 aromatic rings. The Kier molecular flexibility index (Phi) is 4.17. The largest absolute Gasteiger partial charge is 0.461 e. The quantitative estimate of drug-likeness (QED) is 0.864. The number of fused-ring (bicyclic) bond motifs is 2. The first-order valence-electron chi connectivity index (χ1n) is 8.42. The Balaban J connectivity index is 1.57. The van der Waals surface area contributed by atoms with Crippen LogP contribution in [0.15, 0.2) is 42.5 Å². The topological polar surface area (TPSA) is 77.4 Å². The van der Waals surface area contributed by atoms with E-state index in [4.69, 9.17) is 18.9 Å². The fourth-order valence-electron chi connectivity index (χ4n) is 3.35. The van der Waals surface area contributed by atoms with Crippen molar-refractivity contribution in [1.82, 2.24) is 0 Å². The van der Waals surface area contributed by atoms with Gasteiger partial charge in [0.1, 0.15) is 30.2 Å². The zero-order valence-corrected chi connectivity index (χ0v) is 14.2. The highest BCUT2D eigenvalue weighted by Crippen LogP contribution is 2.34. The van der Waals surface area contributed by atoms with E-state index in [0.29, 0.717) is 5.75 Å². The highest BCUT2D eigenvalue weighted by molar-refractivity contribution is 5.88. The lowest BCUT2D eigenvalue weighted by Gasteiger charge is -2.48. The Morgan fingerprint density at radius 1 is 1.04 bits per heavy atom. The molecule has 0 saturated carbocycles. The van der Waals surface area contributed by atoms with E-state index in [1.54, 1.807) is 13.8 Å². The summed E-state index contributed by atoms with van der Waals surface area (Å²) in [4.78, 5) is 0. The Hall–Kier alpha value is -1.70. The molecule has 0 aliphatic carbocycles. The molecule has 2 heterocycles. The van der Waals surface area contributed by atoms with Crippen molar-refractivity contribution in [3.05, 3.63) is 42.5 Å². The van der Waals surface area contributed by atoms with Crippen molar-refractivity contribution in [1.29, 1.82) is 0 Å². The first kappa shape index (κ1) is 16.8. The van der Waals surface area contributed by atoms with E-state index in [1.807, 2.05) is 42.5 Å². The average molecular weight is 346 g/mol. The predicted molar refractivity (Wildman–Crippen MR) is 90.2 cm³/mol. The Morgan fingerprint density at radius 2 is 1.80 bits per heavy atom. The summed E-state index contributed by atoms with van der Waals surface area (Å²) in [6, 6.07) is 13.5. The molecule has 5 atom stereocenters. The third kappa shape index (κ3) is 3.12. The molecule has 0 aromatic heterocycles. The zero-order valence-electron chi connectivity index (χ0n) is 14.2. The van der Waals surface area contributed by atoms with Crippen LogP contribution in [0.5, 0.6) is 5.75 Å². The molecule has 2 fully saturated rings. The molecule has 0 radical (unpaired) electrons. The smallest absolute Gasteiger partial charge is 0.229 e. The second-order valence-corrected chi connectivity index (χ2v) is 6.91. The molecule has 25 heavy (non-hydrogen) atoms. The number of ether oxygens (including phenoxy) is 4. The van der Waals surface area contributed by atoms with Gasteiger partial charge in [0, 0.05) is 5.39 Å². The Morgan fingerprint density at radius 3 is 2.64 bits per heavy atom. The lowest BCUT2D eigenvalue weighted by Crippen LogP contribution is -2.65. The second kappa shape index (κ2) is 6.23. The van der Waals surface area contributed by atoms with Gasteiger partial charge in [-0.1, -0.05) is 36.4 Å². The van der Waals surface area contributed by atoms with Crippen molar-refractivity contribution >= 4 is 10.8 Å². The fraction of sp³-hybridized carbons (Fsp3) is 0.474. The van der Waals surface area contributed by atoms with Gasteiger partial charge in [-0.05, 0) is 25.3 Å². The Bertz CT molecular complexity index is 753. The maximum Gasteiger partial charge on any atom is 0.229 e. The first-order chi connectivity index (χ1) is 11.9. The van der Waals surface area contributed by atoms with Gasteiger partial charge in [0.2, 0.25) is 6.29 Å². The van der Waals surface area contributed by atoms with Gasteiger partial charge < -0.3 is 29.2 Å². The van der Waals surface area contributed by atoms with Crippen LogP contribution in [-0.2, 0) is 14.2 Å². The fourth-order valence-corrected chi connectivity index (χ4v) is 3.35. The van der Waals surface area contributed by atoms with Crippen LogP contribution in [0.3, 0.4) is 0 Å². The molecule has 6 nitrogen and oxygen atoms in total. The van der Waals surface area contributed by atoms with Crippen molar-refractivity contribution in [3.63, 3.8) is 0 Å². The number of aliphatic hydroxyl groups is 2. The van der Waals surface area contributed by atoms with E-state index in [9.17, 15) is 10.2 Å². The monoisotopic (exact) mass is 346 g/mol. The maximum atomic E-state index is 10.5. The van der Waals surface area contributed by atoms with Crippen molar-refractivity contribution in [2.75, 3.05) is 6.61 Å². The molecule has 6 heteroatoms. The summed E-state index contributed by atoms with van der Waals surface area (Å²) in [5.41, 5.74) is 0. The lowest BCUT2D eigenvalue weighted by atomic mass is 9.97. The number of aliphatic hydroxyl groups excluding tert-OH is 2. The molecule has 4 rings (SSSR count). The molecule has 0 unspecified atom stereocenters. The van der Waals surface area contributed by atoms with E-state index in [2.05, 4.69) is 0 Å². The summed E-state index contributed by atoms with van der Waals surface area (Å²) in [5, 5.41) is 22.9. The van der Waals surface area contributed by atoms with E-state index in [1.165, 1.54) is 0 Å². The molecule has 2 aliphatic heterocycles. The molecule has 0 spiro atoms. The van der Waals surface area contributed by atoms with Crippen molar-refractivity contribution < 1.29 is 29.2 Å². The average Bonchev–Trinajstić information content (AvgIpc) is 2.60. The van der Waals surface area contributed by atoms with Gasteiger partial charge in [-0.25, -0.2) is 0 Å². The van der Waals surface area contributed by atoms with Gasteiger partial charge in [0.05, 0.1) is 6.61 Å². The van der Waals surface area contributed by atoms with Gasteiger partial charge in [-0.15, -0.1) is 0 Å². The van der Waals surface area contributed by atoms with Crippen molar-refractivity contribution in [2.24, 2.45) is 0 Å². The molecular formula is C19H22O6. The summed E-state index contributed by atoms with van der Waals surface area (Å²) < 4.78 is 23.1. The number of hydrogen-bond acceptors (Lipinski definition) is 6. The van der Waals surface area contributed by atoms with Crippen LogP contribution in [0.25, 0.3) is 10.8 Å². The minimum Gasteiger partial charge on any atom is -0.461 e. The molecule has 2 saturated heterocycles. The predicted octanol–water partition coefficient (Wildman–Crippen LogP) is 1.82. The molecule has 0 amide bonds. The third-order valence-electron chi connectivity index (χ3n) is 4.65. The molecular weight excluding hydrogens is 324 g/mol. The summed E-state index contributed by atoms with van der Waals surface area (Å²) in [6.45, 7) is 3.79. The first-order valence-corrected chi connectivity index (χ1v) is 8.42. The van der Waals surface area contributed by atoms with Crippen LogP contribution < -0.4 is 4.74 Å². The molecule has 0 bridgehead atoms.